The molecule has 0 heterocycles. The Labute approximate surface area is 172 Å². The molecule has 0 spiro atoms. The number of hydrogen-bond donors (Lipinski definition) is 2. The Bertz CT molecular complexity index is 973. The Hall–Kier alpha value is -3.40. The van der Waals surface area contributed by atoms with Gasteiger partial charge in [-0.15, -0.1) is 0 Å². The molecule has 0 atom stereocenters. The maximum absolute atomic E-state index is 12.4. The second kappa shape index (κ2) is 8.74. The highest BCUT2D eigenvalue weighted by Gasteiger charge is 2.14. The number of hydrogen-bond acceptors (Lipinski definition) is 2. The van der Waals surface area contributed by atoms with Crippen molar-refractivity contribution in [1.82, 2.24) is 0 Å². The van der Waals surface area contributed by atoms with Crippen molar-refractivity contribution in [3.05, 3.63) is 95.6 Å². The largest absolute Gasteiger partial charge is 0.323 e. The van der Waals surface area contributed by atoms with Crippen LogP contribution in [0, 0.1) is 0 Å². The van der Waals surface area contributed by atoms with Gasteiger partial charge in [0.15, 0.2) is 0 Å². The number of amides is 2. The summed E-state index contributed by atoms with van der Waals surface area (Å²) in [4.78, 5) is 24.4. The summed E-state index contributed by atoms with van der Waals surface area (Å²) < 4.78 is 0. The molecule has 4 nitrogen and oxygen atoms in total. The van der Waals surface area contributed by atoms with Crippen LogP contribution < -0.4 is 10.6 Å². The average molecular weight is 386 g/mol. The number of carbonyl (C=O) groups is 2. The lowest BCUT2D eigenvalue weighted by Gasteiger charge is -2.19. The van der Waals surface area contributed by atoms with Crippen LogP contribution in [0.2, 0.25) is 0 Å². The van der Waals surface area contributed by atoms with E-state index in [-0.39, 0.29) is 17.2 Å². The van der Waals surface area contributed by atoms with Crippen molar-refractivity contribution >= 4 is 23.2 Å². The first-order chi connectivity index (χ1) is 13.8. The number of rotatable bonds is 5. The Morgan fingerprint density at radius 3 is 2.07 bits per heavy atom. The summed E-state index contributed by atoms with van der Waals surface area (Å²) in [6.07, 6.45) is 10.2. The molecule has 1 aliphatic carbocycles. The molecular formula is C25H26N2O2. The van der Waals surface area contributed by atoms with Crippen molar-refractivity contribution < 1.29 is 9.59 Å². The summed E-state index contributed by atoms with van der Waals surface area (Å²) in [6.45, 7) is 6.42. The van der Waals surface area contributed by atoms with Gasteiger partial charge in [0.05, 0.1) is 0 Å². The third kappa shape index (κ3) is 5.79. The van der Waals surface area contributed by atoms with Crippen molar-refractivity contribution in [2.45, 2.75) is 32.6 Å². The summed E-state index contributed by atoms with van der Waals surface area (Å²) in [7, 11) is 0. The highest BCUT2D eigenvalue weighted by molar-refractivity contribution is 6.04. The van der Waals surface area contributed by atoms with Crippen molar-refractivity contribution in [3.8, 4) is 0 Å². The lowest BCUT2D eigenvalue weighted by molar-refractivity contribution is -0.111. The topological polar surface area (TPSA) is 58.2 Å². The third-order valence-electron chi connectivity index (χ3n) is 4.67. The van der Waals surface area contributed by atoms with Crippen LogP contribution in [-0.2, 0) is 10.2 Å². The van der Waals surface area contributed by atoms with Gasteiger partial charge in [0.1, 0.15) is 0 Å². The molecule has 2 aromatic carbocycles. The van der Waals surface area contributed by atoms with Gasteiger partial charge in [-0.25, -0.2) is 0 Å². The molecule has 0 fully saturated rings. The molecule has 4 heteroatoms. The number of benzene rings is 2. The summed E-state index contributed by atoms with van der Waals surface area (Å²) in [5.74, 6) is -0.350. The normalized spacial score (nSPS) is 13.4. The van der Waals surface area contributed by atoms with Crippen LogP contribution in [0.3, 0.4) is 0 Å². The van der Waals surface area contributed by atoms with Crippen LogP contribution in [-0.4, -0.2) is 11.8 Å². The van der Waals surface area contributed by atoms with Crippen LogP contribution in [0.4, 0.5) is 11.4 Å². The van der Waals surface area contributed by atoms with Gasteiger partial charge in [-0.05, 0) is 59.4 Å². The molecule has 2 N–H and O–H groups in total. The van der Waals surface area contributed by atoms with Crippen LogP contribution in [0.25, 0.3) is 0 Å². The highest BCUT2D eigenvalue weighted by Crippen LogP contribution is 2.22. The maximum Gasteiger partial charge on any atom is 0.255 e. The van der Waals surface area contributed by atoms with Crippen molar-refractivity contribution in [2.75, 3.05) is 10.6 Å². The van der Waals surface area contributed by atoms with Crippen molar-refractivity contribution in [1.29, 1.82) is 0 Å². The van der Waals surface area contributed by atoms with Crippen LogP contribution in [0.1, 0.15) is 43.1 Å². The SMILES string of the molecule is CC(C)(C)c1ccc(C(=O)Nc2ccc(NC(=O)C=CC3=CC=CC3)cc2)cc1. The highest BCUT2D eigenvalue weighted by atomic mass is 16.2. The molecule has 2 aromatic rings. The first-order valence-electron chi connectivity index (χ1n) is 9.68. The number of anilines is 2. The van der Waals surface area contributed by atoms with Gasteiger partial charge in [-0.1, -0.05) is 57.2 Å². The molecule has 0 saturated heterocycles. The zero-order chi connectivity index (χ0) is 20.9. The summed E-state index contributed by atoms with van der Waals surface area (Å²) in [5.41, 5.74) is 4.29. The molecule has 148 valence electrons. The fourth-order valence-corrected chi connectivity index (χ4v) is 2.92. The van der Waals surface area contributed by atoms with Gasteiger partial charge in [-0.2, -0.15) is 0 Å². The zero-order valence-electron chi connectivity index (χ0n) is 17.0. The lowest BCUT2D eigenvalue weighted by Crippen LogP contribution is -2.14. The monoisotopic (exact) mass is 386 g/mol. The van der Waals surface area contributed by atoms with Gasteiger partial charge in [0, 0.05) is 23.0 Å². The molecule has 1 aliphatic rings. The molecule has 2 amide bonds. The molecule has 0 saturated carbocycles. The minimum atomic E-state index is -0.187. The molecule has 0 aliphatic heterocycles. The van der Waals surface area contributed by atoms with Gasteiger partial charge in [0.25, 0.3) is 5.91 Å². The van der Waals surface area contributed by atoms with E-state index in [1.165, 1.54) is 11.6 Å². The Kier molecular flexibility index (Phi) is 6.13. The number of nitrogens with one attached hydrogen (secondary N) is 2. The van der Waals surface area contributed by atoms with E-state index in [9.17, 15) is 9.59 Å². The first kappa shape index (κ1) is 20.3. The van der Waals surface area contributed by atoms with Gasteiger partial charge in [0.2, 0.25) is 5.91 Å². The molecule has 29 heavy (non-hydrogen) atoms. The van der Waals surface area contributed by atoms with E-state index in [0.717, 1.165) is 12.0 Å². The Morgan fingerprint density at radius 1 is 0.897 bits per heavy atom. The average Bonchev–Trinajstić information content (AvgIpc) is 3.21. The first-order valence-corrected chi connectivity index (χ1v) is 9.68. The third-order valence-corrected chi connectivity index (χ3v) is 4.67. The molecular weight excluding hydrogens is 360 g/mol. The number of carbonyl (C=O) groups excluding carboxylic acids is 2. The summed E-state index contributed by atoms with van der Waals surface area (Å²) in [5, 5.41) is 5.69. The second-order valence-corrected chi connectivity index (χ2v) is 8.06. The smallest absolute Gasteiger partial charge is 0.255 e. The van der Waals surface area contributed by atoms with Gasteiger partial charge < -0.3 is 10.6 Å². The Morgan fingerprint density at radius 2 is 1.52 bits per heavy atom. The molecule has 3 rings (SSSR count). The van der Waals surface area contributed by atoms with E-state index in [1.807, 2.05) is 48.6 Å². The minimum absolute atomic E-state index is 0.0510. The zero-order valence-corrected chi connectivity index (χ0v) is 17.0. The van der Waals surface area contributed by atoms with E-state index in [0.29, 0.717) is 16.9 Å². The van der Waals surface area contributed by atoms with Crippen molar-refractivity contribution in [3.63, 3.8) is 0 Å². The second-order valence-electron chi connectivity index (χ2n) is 8.06. The molecule has 0 aromatic heterocycles. The fraction of sp³-hybridized carbons (Fsp3) is 0.200. The van der Waals surface area contributed by atoms with E-state index in [2.05, 4.69) is 31.4 Å². The number of allylic oxidation sites excluding steroid dienone is 5. The van der Waals surface area contributed by atoms with Gasteiger partial charge >= 0.3 is 0 Å². The molecule has 0 unspecified atom stereocenters. The lowest BCUT2D eigenvalue weighted by atomic mass is 9.87. The van der Waals surface area contributed by atoms with E-state index >= 15 is 0 Å². The predicted octanol–water partition coefficient (Wildman–Crippen LogP) is 5.62. The quantitative estimate of drug-likeness (QED) is 0.656. The van der Waals surface area contributed by atoms with Gasteiger partial charge in [-0.3, -0.25) is 9.59 Å². The molecule has 0 bridgehead atoms. The standard InChI is InChI=1S/C25H26N2O2/c1-25(2,3)20-11-9-19(10-12-20)24(29)27-22-15-13-21(14-16-22)26-23(28)17-8-18-6-4-5-7-18/h4-6,8-17H,7H2,1-3H3,(H,26,28)(H,27,29). The maximum atomic E-state index is 12.4. The van der Waals surface area contributed by atoms with Crippen LogP contribution in [0.5, 0.6) is 0 Å². The summed E-state index contributed by atoms with van der Waals surface area (Å²) in [6, 6.07) is 14.7. The van der Waals surface area contributed by atoms with E-state index in [4.69, 9.17) is 0 Å². The predicted molar refractivity (Wildman–Crippen MR) is 119 cm³/mol. The Balaban J connectivity index is 1.55. The van der Waals surface area contributed by atoms with Crippen molar-refractivity contribution in [2.24, 2.45) is 0 Å². The van der Waals surface area contributed by atoms with Crippen LogP contribution >= 0.6 is 0 Å². The fourth-order valence-electron chi connectivity index (χ4n) is 2.92. The van der Waals surface area contributed by atoms with E-state index in [1.54, 1.807) is 24.3 Å². The minimum Gasteiger partial charge on any atom is -0.323 e. The molecule has 0 radical (unpaired) electrons. The van der Waals surface area contributed by atoms with E-state index < -0.39 is 0 Å². The summed E-state index contributed by atoms with van der Waals surface area (Å²) >= 11 is 0. The van der Waals surface area contributed by atoms with Crippen LogP contribution in [0.15, 0.2) is 84.5 Å².